The fourth-order valence-electron chi connectivity index (χ4n) is 3.72. The van der Waals surface area contributed by atoms with Gasteiger partial charge in [-0.1, -0.05) is 11.6 Å². The summed E-state index contributed by atoms with van der Waals surface area (Å²) in [4.78, 5) is 35.3. The molecule has 3 rings (SSSR count). The number of hydrogen-bond acceptors (Lipinski definition) is 5. The first kappa shape index (κ1) is 14.3. The van der Waals surface area contributed by atoms with Crippen molar-refractivity contribution in [3.63, 3.8) is 0 Å². The van der Waals surface area contributed by atoms with E-state index in [0.29, 0.717) is 5.92 Å². The van der Waals surface area contributed by atoms with Crippen LogP contribution in [0.1, 0.15) is 40.0 Å². The van der Waals surface area contributed by atoms with E-state index in [9.17, 15) is 14.4 Å². The van der Waals surface area contributed by atoms with E-state index in [2.05, 4.69) is 10.8 Å². The highest BCUT2D eigenvalue weighted by Crippen LogP contribution is 2.52. The summed E-state index contributed by atoms with van der Waals surface area (Å²) < 4.78 is 10.1. The first-order valence-corrected chi connectivity index (χ1v) is 7.43. The molecular formula is C16H20O5. The van der Waals surface area contributed by atoms with E-state index in [1.807, 2.05) is 20.8 Å². The number of fused-ring (bicyclic) bond motifs is 2. The zero-order chi connectivity index (χ0) is 15.4. The summed E-state index contributed by atoms with van der Waals surface area (Å²) in [6.07, 6.45) is 3.82. The predicted molar refractivity (Wildman–Crippen MR) is 72.8 cm³/mol. The molecule has 21 heavy (non-hydrogen) atoms. The standard InChI is InChI=1S/C16H20O5/c1-16(2,3)21-15(19)11-6-8-4-9(11)10(5-8)12-7-13(17)20-14(12)18/h5,8-9,11-12H,4,6-7H2,1-3H3. The minimum Gasteiger partial charge on any atom is -0.460 e. The fraction of sp³-hybridized carbons (Fsp3) is 0.688. The third kappa shape index (κ3) is 2.61. The molecule has 0 aromatic heterocycles. The molecule has 1 saturated carbocycles. The SMILES string of the molecule is CC(C)(C)OC(=O)C1CC2C=C(C3CC(=O)OC3=O)C1C2. The Morgan fingerprint density at radius 1 is 1.29 bits per heavy atom. The Morgan fingerprint density at radius 2 is 2.00 bits per heavy atom. The summed E-state index contributed by atoms with van der Waals surface area (Å²) in [7, 11) is 0. The summed E-state index contributed by atoms with van der Waals surface area (Å²) in [6, 6.07) is 0. The van der Waals surface area contributed by atoms with Crippen molar-refractivity contribution in [2.45, 2.75) is 45.6 Å². The molecule has 2 fully saturated rings. The number of ether oxygens (including phenoxy) is 2. The maximum absolute atomic E-state index is 12.3. The molecule has 2 bridgehead atoms. The smallest absolute Gasteiger partial charge is 0.321 e. The van der Waals surface area contributed by atoms with Gasteiger partial charge in [0.05, 0.1) is 18.3 Å². The van der Waals surface area contributed by atoms with Crippen molar-refractivity contribution in [3.8, 4) is 0 Å². The van der Waals surface area contributed by atoms with Crippen molar-refractivity contribution in [2.24, 2.45) is 23.7 Å². The molecular weight excluding hydrogens is 272 g/mol. The van der Waals surface area contributed by atoms with E-state index in [1.165, 1.54) is 0 Å². The molecule has 0 aromatic carbocycles. The van der Waals surface area contributed by atoms with Crippen LogP contribution in [0.2, 0.25) is 0 Å². The van der Waals surface area contributed by atoms with Crippen LogP contribution in [-0.2, 0) is 23.9 Å². The molecule has 1 saturated heterocycles. The van der Waals surface area contributed by atoms with Gasteiger partial charge >= 0.3 is 17.9 Å². The van der Waals surface area contributed by atoms with Gasteiger partial charge in [0.15, 0.2) is 0 Å². The average molecular weight is 292 g/mol. The molecule has 4 unspecified atom stereocenters. The second-order valence-corrected chi connectivity index (χ2v) is 7.19. The van der Waals surface area contributed by atoms with E-state index in [0.717, 1.165) is 18.4 Å². The number of esters is 3. The first-order valence-electron chi connectivity index (χ1n) is 7.43. The van der Waals surface area contributed by atoms with E-state index in [-0.39, 0.29) is 24.2 Å². The van der Waals surface area contributed by atoms with Crippen molar-refractivity contribution in [1.82, 2.24) is 0 Å². The Morgan fingerprint density at radius 3 is 2.52 bits per heavy atom. The van der Waals surface area contributed by atoms with Crippen molar-refractivity contribution < 1.29 is 23.9 Å². The second kappa shape index (κ2) is 4.68. The molecule has 5 nitrogen and oxygen atoms in total. The highest BCUT2D eigenvalue weighted by molar-refractivity contribution is 5.96. The zero-order valence-electron chi connectivity index (χ0n) is 12.5. The molecule has 0 spiro atoms. The van der Waals surface area contributed by atoms with Crippen molar-refractivity contribution in [2.75, 3.05) is 0 Å². The van der Waals surface area contributed by atoms with Crippen LogP contribution in [0.3, 0.4) is 0 Å². The van der Waals surface area contributed by atoms with Crippen LogP contribution in [0.4, 0.5) is 0 Å². The number of carbonyl (C=O) groups excluding carboxylic acids is 3. The van der Waals surface area contributed by atoms with Crippen LogP contribution < -0.4 is 0 Å². The van der Waals surface area contributed by atoms with Gasteiger partial charge in [0.2, 0.25) is 0 Å². The third-order valence-electron chi connectivity index (χ3n) is 4.44. The monoisotopic (exact) mass is 292 g/mol. The lowest BCUT2D eigenvalue weighted by Crippen LogP contribution is -2.32. The van der Waals surface area contributed by atoms with E-state index in [4.69, 9.17) is 4.74 Å². The highest BCUT2D eigenvalue weighted by Gasteiger charge is 2.50. The molecule has 0 aromatic rings. The Bertz CT molecular complexity index is 539. The normalized spacial score (nSPS) is 34.9. The minimum absolute atomic E-state index is 0.0216. The van der Waals surface area contributed by atoms with Gasteiger partial charge in [-0.05, 0) is 45.4 Å². The molecule has 1 aliphatic heterocycles. The largest absolute Gasteiger partial charge is 0.460 e. The molecule has 1 heterocycles. The molecule has 0 radical (unpaired) electrons. The number of allylic oxidation sites excluding steroid dienone is 1. The van der Waals surface area contributed by atoms with Gasteiger partial charge in [-0.25, -0.2) is 0 Å². The molecule has 5 heteroatoms. The van der Waals surface area contributed by atoms with Crippen LogP contribution in [0.15, 0.2) is 11.6 Å². The zero-order valence-corrected chi connectivity index (χ0v) is 12.5. The quantitative estimate of drug-likeness (QED) is 0.442. The number of rotatable bonds is 2. The fourth-order valence-corrected chi connectivity index (χ4v) is 3.72. The molecule has 0 amide bonds. The van der Waals surface area contributed by atoms with Crippen LogP contribution in [-0.4, -0.2) is 23.5 Å². The van der Waals surface area contributed by atoms with E-state index >= 15 is 0 Å². The molecule has 4 atom stereocenters. The van der Waals surface area contributed by atoms with Gasteiger partial charge in [-0.3, -0.25) is 14.4 Å². The Kier molecular flexibility index (Phi) is 3.19. The summed E-state index contributed by atoms with van der Waals surface area (Å²) in [5.41, 5.74) is 0.406. The maximum atomic E-state index is 12.3. The van der Waals surface area contributed by atoms with Crippen molar-refractivity contribution >= 4 is 17.9 Å². The van der Waals surface area contributed by atoms with Gasteiger partial charge in [-0.2, -0.15) is 0 Å². The van der Waals surface area contributed by atoms with Crippen LogP contribution in [0.5, 0.6) is 0 Å². The minimum atomic E-state index is -0.509. The summed E-state index contributed by atoms with van der Waals surface area (Å²) >= 11 is 0. The predicted octanol–water partition coefficient (Wildman–Crippen LogP) is 2.00. The van der Waals surface area contributed by atoms with Crippen molar-refractivity contribution in [3.05, 3.63) is 11.6 Å². The molecule has 3 aliphatic rings. The summed E-state index contributed by atoms with van der Waals surface area (Å²) in [5.74, 6) is -1.49. The van der Waals surface area contributed by atoms with Gasteiger partial charge in [0, 0.05) is 0 Å². The Hall–Kier alpha value is -1.65. The van der Waals surface area contributed by atoms with Gasteiger partial charge < -0.3 is 9.47 Å². The first-order chi connectivity index (χ1) is 9.74. The summed E-state index contributed by atoms with van der Waals surface area (Å²) in [5, 5.41) is 0. The third-order valence-corrected chi connectivity index (χ3v) is 4.44. The van der Waals surface area contributed by atoms with Crippen LogP contribution in [0.25, 0.3) is 0 Å². The highest BCUT2D eigenvalue weighted by atomic mass is 16.6. The van der Waals surface area contributed by atoms with Crippen molar-refractivity contribution in [1.29, 1.82) is 0 Å². The van der Waals surface area contributed by atoms with Crippen LogP contribution >= 0.6 is 0 Å². The maximum Gasteiger partial charge on any atom is 0.321 e. The van der Waals surface area contributed by atoms with Gasteiger partial charge in [0.1, 0.15) is 5.60 Å². The Labute approximate surface area is 123 Å². The second-order valence-electron chi connectivity index (χ2n) is 7.19. The van der Waals surface area contributed by atoms with E-state index in [1.54, 1.807) is 0 Å². The topological polar surface area (TPSA) is 69.7 Å². The molecule has 0 N–H and O–H groups in total. The summed E-state index contributed by atoms with van der Waals surface area (Å²) in [6.45, 7) is 5.55. The lowest BCUT2D eigenvalue weighted by atomic mass is 9.80. The Balaban J connectivity index is 1.75. The number of carbonyl (C=O) groups is 3. The lowest BCUT2D eigenvalue weighted by Gasteiger charge is -2.28. The number of cyclic esters (lactones) is 2. The molecule has 114 valence electrons. The average Bonchev–Trinajstić information content (AvgIpc) is 2.99. The van der Waals surface area contributed by atoms with Gasteiger partial charge in [0.25, 0.3) is 0 Å². The number of hydrogen-bond donors (Lipinski definition) is 0. The molecule has 2 aliphatic carbocycles. The lowest BCUT2D eigenvalue weighted by molar-refractivity contribution is -0.161. The van der Waals surface area contributed by atoms with E-state index < -0.39 is 23.5 Å². The van der Waals surface area contributed by atoms with Crippen LogP contribution in [0, 0.1) is 23.7 Å². The van der Waals surface area contributed by atoms with Gasteiger partial charge in [-0.15, -0.1) is 0 Å².